The van der Waals surface area contributed by atoms with Crippen LogP contribution in [0.3, 0.4) is 0 Å². The summed E-state index contributed by atoms with van der Waals surface area (Å²) in [6.45, 7) is 2.71. The fourth-order valence-electron chi connectivity index (χ4n) is 1.46. The van der Waals surface area contributed by atoms with Gasteiger partial charge in [0.2, 0.25) is 5.91 Å². The molecule has 0 atom stereocenters. The minimum Gasteiger partial charge on any atom is -0.464 e. The number of amides is 1. The van der Waals surface area contributed by atoms with Crippen molar-refractivity contribution in [3.8, 4) is 0 Å². The zero-order chi connectivity index (χ0) is 11.4. The van der Waals surface area contributed by atoms with Crippen LogP contribution in [0.1, 0.15) is 6.92 Å². The molecular formula is C11H13N3O2. The lowest BCUT2D eigenvalue weighted by Gasteiger charge is -2.06. The lowest BCUT2D eigenvalue weighted by Crippen LogP contribution is -2.26. The molecule has 0 spiro atoms. The first kappa shape index (κ1) is 10.5. The Morgan fingerprint density at radius 3 is 3.12 bits per heavy atom. The molecule has 0 aliphatic carbocycles. The second-order valence-electron chi connectivity index (χ2n) is 3.40. The Kier molecular flexibility index (Phi) is 3.05. The summed E-state index contributed by atoms with van der Waals surface area (Å²) in [5, 5.41) is 6.80. The molecule has 2 aromatic rings. The lowest BCUT2D eigenvalue weighted by molar-refractivity contribution is -0.118. The smallest absolute Gasteiger partial charge is 0.216 e. The van der Waals surface area contributed by atoms with Gasteiger partial charge < -0.3 is 15.1 Å². The molecule has 0 saturated heterocycles. The molecule has 0 bridgehead atoms. The van der Waals surface area contributed by atoms with Crippen LogP contribution in [-0.4, -0.2) is 24.0 Å². The second-order valence-corrected chi connectivity index (χ2v) is 3.40. The Morgan fingerprint density at radius 1 is 1.44 bits per heavy atom. The van der Waals surface area contributed by atoms with Gasteiger partial charge in [-0.3, -0.25) is 4.79 Å². The summed E-state index contributed by atoms with van der Waals surface area (Å²) >= 11 is 0. The number of nitrogens with zero attached hydrogens (tertiary/aromatic N) is 1. The van der Waals surface area contributed by atoms with Crippen molar-refractivity contribution in [1.29, 1.82) is 0 Å². The molecule has 2 N–H and O–H groups in total. The average molecular weight is 219 g/mol. The van der Waals surface area contributed by atoms with Gasteiger partial charge >= 0.3 is 0 Å². The van der Waals surface area contributed by atoms with Gasteiger partial charge in [0.15, 0.2) is 0 Å². The van der Waals surface area contributed by atoms with Gasteiger partial charge in [-0.05, 0) is 12.1 Å². The molecule has 0 aromatic carbocycles. The normalized spacial score (nSPS) is 10.3. The van der Waals surface area contributed by atoms with Gasteiger partial charge in [-0.2, -0.15) is 0 Å². The fourth-order valence-corrected chi connectivity index (χ4v) is 1.46. The molecule has 84 valence electrons. The minimum atomic E-state index is -0.0312. The first-order valence-corrected chi connectivity index (χ1v) is 5.08. The number of hydrogen-bond donors (Lipinski definition) is 2. The molecule has 2 heterocycles. The molecule has 16 heavy (non-hydrogen) atoms. The molecule has 0 aliphatic heterocycles. The lowest BCUT2D eigenvalue weighted by atomic mass is 10.3. The molecule has 5 heteroatoms. The molecule has 0 saturated carbocycles. The van der Waals surface area contributed by atoms with Crippen molar-refractivity contribution in [2.24, 2.45) is 0 Å². The quantitative estimate of drug-likeness (QED) is 0.762. The number of fused-ring (bicyclic) bond motifs is 1. The summed E-state index contributed by atoms with van der Waals surface area (Å²) in [6, 6.07) is 3.68. The van der Waals surface area contributed by atoms with Gasteiger partial charge in [0.1, 0.15) is 11.4 Å². The standard InChI is InChI=1S/C11H13N3O2/c1-8(15)12-5-6-14-11-9-3-7-16-10(9)2-4-13-11/h2-4,7H,5-6H2,1H3,(H,12,15)(H,13,14). The number of anilines is 1. The van der Waals surface area contributed by atoms with E-state index in [1.165, 1.54) is 6.92 Å². The Labute approximate surface area is 92.8 Å². The zero-order valence-electron chi connectivity index (χ0n) is 8.99. The number of carbonyl (C=O) groups is 1. The van der Waals surface area contributed by atoms with Crippen LogP contribution in [0.4, 0.5) is 5.82 Å². The molecule has 0 radical (unpaired) electrons. The number of pyridine rings is 1. The van der Waals surface area contributed by atoms with E-state index in [0.717, 1.165) is 16.8 Å². The molecule has 5 nitrogen and oxygen atoms in total. The van der Waals surface area contributed by atoms with Crippen molar-refractivity contribution >= 4 is 22.7 Å². The van der Waals surface area contributed by atoms with E-state index in [2.05, 4.69) is 15.6 Å². The SMILES string of the molecule is CC(=O)NCCNc1nccc2occc12. The summed E-state index contributed by atoms with van der Waals surface area (Å²) in [4.78, 5) is 14.9. The summed E-state index contributed by atoms with van der Waals surface area (Å²) in [7, 11) is 0. The molecule has 0 unspecified atom stereocenters. The number of aromatic nitrogens is 1. The van der Waals surface area contributed by atoms with Crippen molar-refractivity contribution in [3.05, 3.63) is 24.6 Å². The van der Waals surface area contributed by atoms with Crippen LogP contribution in [0.5, 0.6) is 0 Å². The Morgan fingerprint density at radius 2 is 2.31 bits per heavy atom. The highest BCUT2D eigenvalue weighted by Gasteiger charge is 2.03. The molecule has 2 aromatic heterocycles. The number of nitrogens with one attached hydrogen (secondary N) is 2. The van der Waals surface area contributed by atoms with E-state index in [1.807, 2.05) is 12.1 Å². The van der Waals surface area contributed by atoms with E-state index in [4.69, 9.17) is 4.42 Å². The van der Waals surface area contributed by atoms with Crippen LogP contribution in [0.25, 0.3) is 11.0 Å². The third kappa shape index (κ3) is 2.31. The third-order valence-corrected chi connectivity index (χ3v) is 2.17. The van der Waals surface area contributed by atoms with Crippen LogP contribution in [0, 0.1) is 0 Å². The highest BCUT2D eigenvalue weighted by Crippen LogP contribution is 2.21. The summed E-state index contributed by atoms with van der Waals surface area (Å²) in [6.07, 6.45) is 3.32. The zero-order valence-corrected chi connectivity index (χ0v) is 8.99. The maximum atomic E-state index is 10.7. The first-order valence-electron chi connectivity index (χ1n) is 5.08. The van der Waals surface area contributed by atoms with E-state index in [-0.39, 0.29) is 5.91 Å². The van der Waals surface area contributed by atoms with Gasteiger partial charge in [-0.25, -0.2) is 4.98 Å². The van der Waals surface area contributed by atoms with Crippen LogP contribution in [0.15, 0.2) is 29.0 Å². The monoisotopic (exact) mass is 219 g/mol. The fraction of sp³-hybridized carbons (Fsp3) is 0.273. The molecule has 0 aliphatic rings. The Bertz CT molecular complexity index is 493. The second kappa shape index (κ2) is 4.65. The maximum Gasteiger partial charge on any atom is 0.216 e. The first-order chi connectivity index (χ1) is 7.77. The van der Waals surface area contributed by atoms with Gasteiger partial charge in [-0.15, -0.1) is 0 Å². The van der Waals surface area contributed by atoms with Gasteiger partial charge in [-0.1, -0.05) is 0 Å². The average Bonchev–Trinajstić information content (AvgIpc) is 2.72. The Balaban J connectivity index is 1.98. The van der Waals surface area contributed by atoms with Gasteiger partial charge in [0.25, 0.3) is 0 Å². The van der Waals surface area contributed by atoms with Gasteiger partial charge in [0.05, 0.1) is 11.6 Å². The molecular weight excluding hydrogens is 206 g/mol. The van der Waals surface area contributed by atoms with Crippen LogP contribution in [0.2, 0.25) is 0 Å². The minimum absolute atomic E-state index is 0.0312. The maximum absolute atomic E-state index is 10.7. The predicted molar refractivity (Wildman–Crippen MR) is 61.2 cm³/mol. The van der Waals surface area contributed by atoms with Crippen molar-refractivity contribution in [3.63, 3.8) is 0 Å². The molecule has 1 amide bonds. The van der Waals surface area contributed by atoms with Crippen molar-refractivity contribution in [1.82, 2.24) is 10.3 Å². The number of furan rings is 1. The topological polar surface area (TPSA) is 67.2 Å². The van der Waals surface area contributed by atoms with E-state index < -0.39 is 0 Å². The Hall–Kier alpha value is -2.04. The van der Waals surface area contributed by atoms with Crippen molar-refractivity contribution in [2.75, 3.05) is 18.4 Å². The van der Waals surface area contributed by atoms with Gasteiger partial charge in [0, 0.05) is 26.2 Å². The largest absolute Gasteiger partial charge is 0.464 e. The summed E-state index contributed by atoms with van der Waals surface area (Å²) in [5.41, 5.74) is 0.803. The number of hydrogen-bond acceptors (Lipinski definition) is 4. The van der Waals surface area contributed by atoms with Crippen molar-refractivity contribution < 1.29 is 9.21 Å². The van der Waals surface area contributed by atoms with E-state index in [0.29, 0.717) is 13.1 Å². The van der Waals surface area contributed by atoms with E-state index in [9.17, 15) is 4.79 Å². The molecule has 0 fully saturated rings. The van der Waals surface area contributed by atoms with E-state index in [1.54, 1.807) is 12.5 Å². The molecule has 2 rings (SSSR count). The van der Waals surface area contributed by atoms with E-state index >= 15 is 0 Å². The summed E-state index contributed by atoms with van der Waals surface area (Å²) < 4.78 is 5.25. The van der Waals surface area contributed by atoms with Crippen LogP contribution >= 0.6 is 0 Å². The third-order valence-electron chi connectivity index (χ3n) is 2.17. The predicted octanol–water partition coefficient (Wildman–Crippen LogP) is 1.38. The summed E-state index contributed by atoms with van der Waals surface area (Å²) in [5.74, 6) is 0.743. The van der Waals surface area contributed by atoms with Crippen LogP contribution in [-0.2, 0) is 4.79 Å². The highest BCUT2D eigenvalue weighted by atomic mass is 16.3. The van der Waals surface area contributed by atoms with Crippen molar-refractivity contribution in [2.45, 2.75) is 6.92 Å². The number of rotatable bonds is 4. The van der Waals surface area contributed by atoms with Crippen LogP contribution < -0.4 is 10.6 Å². The highest BCUT2D eigenvalue weighted by molar-refractivity contribution is 5.87. The number of carbonyl (C=O) groups excluding carboxylic acids is 1.